The van der Waals surface area contributed by atoms with Gasteiger partial charge < -0.3 is 20.7 Å². The predicted octanol–water partition coefficient (Wildman–Crippen LogP) is 4.18. The first-order chi connectivity index (χ1) is 19.6. The molecule has 2 fully saturated rings. The van der Waals surface area contributed by atoms with Crippen molar-refractivity contribution >= 4 is 40.0 Å². The number of anilines is 4. The van der Waals surface area contributed by atoms with Crippen molar-refractivity contribution in [2.75, 3.05) is 35.2 Å². The predicted molar refractivity (Wildman–Crippen MR) is 150 cm³/mol. The number of rotatable bonds is 5. The summed E-state index contributed by atoms with van der Waals surface area (Å²) in [5.74, 6) is -1.05. The number of nitrogen functional groups attached to an aromatic ring is 1. The number of carbonyl (C=O) groups is 1. The van der Waals surface area contributed by atoms with Crippen molar-refractivity contribution in [3.05, 3.63) is 71.8 Å². The molecule has 2 aliphatic rings. The molecule has 2 atom stereocenters. The molecule has 0 spiro atoms. The number of carbonyl (C=O) groups excluding carboxylic acids is 1. The summed E-state index contributed by atoms with van der Waals surface area (Å²) in [5.41, 5.74) is 7.99. The van der Waals surface area contributed by atoms with E-state index in [4.69, 9.17) is 10.5 Å². The van der Waals surface area contributed by atoms with Crippen LogP contribution in [0.4, 0.5) is 31.9 Å². The topological polar surface area (TPSA) is 122 Å². The molecule has 41 heavy (non-hydrogen) atoms. The molecule has 2 unspecified atom stereocenters. The molecule has 212 valence electrons. The molecular weight excluding hydrogens is 530 g/mol. The minimum atomic E-state index is -0.759. The summed E-state index contributed by atoms with van der Waals surface area (Å²) in [4.78, 5) is 33.5. The Hall–Kier alpha value is -4.29. The van der Waals surface area contributed by atoms with Crippen LogP contribution in [0, 0.1) is 24.0 Å². The molecule has 0 saturated carbocycles. The molecule has 10 nitrogen and oxygen atoms in total. The van der Waals surface area contributed by atoms with Crippen LogP contribution in [-0.2, 0) is 9.53 Å². The van der Waals surface area contributed by atoms with Crippen molar-refractivity contribution in [2.24, 2.45) is 5.41 Å². The van der Waals surface area contributed by atoms with E-state index in [0.29, 0.717) is 42.3 Å². The van der Waals surface area contributed by atoms with E-state index in [1.54, 1.807) is 48.7 Å². The fourth-order valence-electron chi connectivity index (χ4n) is 5.63. The summed E-state index contributed by atoms with van der Waals surface area (Å²) >= 11 is 0. The van der Waals surface area contributed by atoms with E-state index in [1.807, 2.05) is 18.7 Å². The minimum absolute atomic E-state index is 0.0904. The number of ether oxygens (including phenoxy) is 1. The third-order valence-electron chi connectivity index (χ3n) is 7.52. The first-order valence-corrected chi connectivity index (χ1v) is 13.3. The number of nitrogens with zero attached hydrogens (tertiary/aromatic N) is 6. The third kappa shape index (κ3) is 5.04. The van der Waals surface area contributed by atoms with Crippen LogP contribution in [0.5, 0.6) is 0 Å². The normalized spacial score (nSPS) is 20.5. The van der Waals surface area contributed by atoms with Crippen molar-refractivity contribution in [2.45, 2.75) is 39.5 Å². The molecule has 4 aromatic rings. The number of hydrogen-bond donors (Lipinski definition) is 2. The Balaban J connectivity index is 1.49. The number of hydrogen-bond acceptors (Lipinski definition) is 9. The maximum atomic E-state index is 15.7. The molecular formula is C29H30F2N8O2. The van der Waals surface area contributed by atoms with Gasteiger partial charge in [0.15, 0.2) is 0 Å². The second kappa shape index (κ2) is 10.3. The Kier molecular flexibility index (Phi) is 6.74. The molecule has 0 aliphatic carbocycles. The van der Waals surface area contributed by atoms with Crippen molar-refractivity contribution in [3.8, 4) is 0 Å². The van der Waals surface area contributed by atoms with Crippen LogP contribution in [-0.4, -0.2) is 51.8 Å². The zero-order chi connectivity index (χ0) is 28.9. The molecule has 1 amide bonds. The number of nitrogens with two attached hydrogens (primary N) is 1. The molecule has 0 radical (unpaired) electrons. The van der Waals surface area contributed by atoms with Gasteiger partial charge in [-0.15, -0.1) is 0 Å². The van der Waals surface area contributed by atoms with Crippen molar-refractivity contribution in [3.63, 3.8) is 0 Å². The number of benzene rings is 1. The SMILES string of the molecule is Cc1c(N2CC(C)(C)CC2=O)nc2cc(F)cc(F)c2c1N(c1ccncc1)C1CNC(c2cnc(N)nc2)CO1. The van der Waals surface area contributed by atoms with Gasteiger partial charge >= 0.3 is 0 Å². The van der Waals surface area contributed by atoms with E-state index in [1.165, 1.54) is 6.07 Å². The first kappa shape index (κ1) is 26.9. The van der Waals surface area contributed by atoms with Gasteiger partial charge in [0.2, 0.25) is 11.9 Å². The monoisotopic (exact) mass is 560 g/mol. The van der Waals surface area contributed by atoms with E-state index in [9.17, 15) is 9.18 Å². The average molecular weight is 561 g/mol. The van der Waals surface area contributed by atoms with Gasteiger partial charge in [-0.1, -0.05) is 13.8 Å². The van der Waals surface area contributed by atoms with Gasteiger partial charge in [-0.05, 0) is 24.5 Å². The highest BCUT2D eigenvalue weighted by Crippen LogP contribution is 2.44. The van der Waals surface area contributed by atoms with E-state index in [-0.39, 0.29) is 40.8 Å². The molecule has 2 aliphatic heterocycles. The quantitative estimate of drug-likeness (QED) is 0.370. The van der Waals surface area contributed by atoms with Gasteiger partial charge in [-0.2, -0.15) is 0 Å². The first-order valence-electron chi connectivity index (χ1n) is 13.3. The van der Waals surface area contributed by atoms with E-state index in [2.05, 4.69) is 25.3 Å². The van der Waals surface area contributed by atoms with Crippen molar-refractivity contribution < 1.29 is 18.3 Å². The Morgan fingerprint density at radius 3 is 2.54 bits per heavy atom. The maximum Gasteiger partial charge on any atom is 0.228 e. The minimum Gasteiger partial charge on any atom is -0.368 e. The number of aromatic nitrogens is 4. The smallest absolute Gasteiger partial charge is 0.228 e. The van der Waals surface area contributed by atoms with Gasteiger partial charge in [0, 0.05) is 73.2 Å². The summed E-state index contributed by atoms with van der Waals surface area (Å²) in [6.45, 7) is 6.87. The van der Waals surface area contributed by atoms with Crippen molar-refractivity contribution in [1.82, 2.24) is 25.3 Å². The highest BCUT2D eigenvalue weighted by atomic mass is 19.1. The zero-order valence-electron chi connectivity index (χ0n) is 22.9. The van der Waals surface area contributed by atoms with E-state index in [0.717, 1.165) is 11.6 Å². The summed E-state index contributed by atoms with van der Waals surface area (Å²) in [6.07, 6.45) is 6.31. The lowest BCUT2D eigenvalue weighted by atomic mass is 9.93. The summed E-state index contributed by atoms with van der Waals surface area (Å²) in [6, 6.07) is 5.43. The van der Waals surface area contributed by atoms with Gasteiger partial charge in [0.05, 0.1) is 29.2 Å². The van der Waals surface area contributed by atoms with Crippen LogP contribution < -0.4 is 20.9 Å². The summed E-state index contributed by atoms with van der Waals surface area (Å²) < 4.78 is 36.6. The van der Waals surface area contributed by atoms with Crippen LogP contribution in [0.2, 0.25) is 0 Å². The molecule has 12 heteroatoms. The molecule has 3 aromatic heterocycles. The summed E-state index contributed by atoms with van der Waals surface area (Å²) in [5, 5.41) is 3.60. The number of halogens is 2. The number of nitrogens with one attached hydrogen (secondary N) is 1. The van der Waals surface area contributed by atoms with Crippen molar-refractivity contribution in [1.29, 1.82) is 0 Å². The maximum absolute atomic E-state index is 15.7. The largest absolute Gasteiger partial charge is 0.368 e. The molecule has 5 heterocycles. The molecule has 0 bridgehead atoms. The number of morpholine rings is 1. The second-order valence-electron chi connectivity index (χ2n) is 11.2. The standard InChI is InChI=1S/C29H30F2N8O2/c1-16-26(25-20(31)8-18(30)9-21(25)37-27(16)38-15-29(2,3)10-23(38)40)39(19-4-6-33-7-5-19)24-13-34-22(14-41-24)17-11-35-28(32)36-12-17/h4-9,11-12,22,24,34H,10,13-15H2,1-3H3,(H2,32,35,36). The Labute approximate surface area is 235 Å². The van der Waals surface area contributed by atoms with Gasteiger partial charge in [0.1, 0.15) is 23.7 Å². The van der Waals surface area contributed by atoms with Gasteiger partial charge in [-0.3, -0.25) is 14.7 Å². The van der Waals surface area contributed by atoms with Crippen LogP contribution in [0.25, 0.3) is 10.9 Å². The Bertz CT molecular complexity index is 1610. The van der Waals surface area contributed by atoms with Gasteiger partial charge in [-0.25, -0.2) is 23.7 Å². The van der Waals surface area contributed by atoms with Crippen LogP contribution in [0.15, 0.2) is 49.1 Å². The molecule has 3 N–H and O–H groups in total. The number of pyridine rings is 2. The molecule has 6 rings (SSSR count). The highest BCUT2D eigenvalue weighted by molar-refractivity contribution is 6.03. The molecule has 1 aromatic carbocycles. The zero-order valence-corrected chi connectivity index (χ0v) is 22.9. The lowest BCUT2D eigenvalue weighted by molar-refractivity contribution is -0.117. The Morgan fingerprint density at radius 1 is 1.17 bits per heavy atom. The van der Waals surface area contributed by atoms with E-state index < -0.39 is 17.9 Å². The summed E-state index contributed by atoms with van der Waals surface area (Å²) in [7, 11) is 0. The van der Waals surface area contributed by atoms with Gasteiger partial charge in [0.25, 0.3) is 0 Å². The number of amides is 1. The lowest BCUT2D eigenvalue weighted by Gasteiger charge is -2.40. The van der Waals surface area contributed by atoms with Crippen LogP contribution >= 0.6 is 0 Å². The highest BCUT2D eigenvalue weighted by Gasteiger charge is 2.39. The fraction of sp³-hybridized carbons (Fsp3) is 0.345. The van der Waals surface area contributed by atoms with E-state index >= 15 is 4.39 Å². The Morgan fingerprint density at radius 2 is 1.90 bits per heavy atom. The van der Waals surface area contributed by atoms with Crippen LogP contribution in [0.3, 0.4) is 0 Å². The molecule has 2 saturated heterocycles. The second-order valence-corrected chi connectivity index (χ2v) is 11.2. The average Bonchev–Trinajstić information content (AvgIpc) is 3.22. The third-order valence-corrected chi connectivity index (χ3v) is 7.52. The lowest BCUT2D eigenvalue weighted by Crippen LogP contribution is -2.49. The number of fused-ring (bicyclic) bond motifs is 1. The van der Waals surface area contributed by atoms with Crippen LogP contribution in [0.1, 0.15) is 37.4 Å². The fourth-order valence-corrected chi connectivity index (χ4v) is 5.63.